The summed E-state index contributed by atoms with van der Waals surface area (Å²) in [4.78, 5) is 4.27. The Balaban J connectivity index is 2.09. The van der Waals surface area contributed by atoms with E-state index in [0.717, 1.165) is 16.5 Å². The number of hydrogen-bond acceptors (Lipinski definition) is 5. The number of thiazole rings is 1. The predicted molar refractivity (Wildman–Crippen MR) is 67.7 cm³/mol. The first-order chi connectivity index (χ1) is 8.31. The van der Waals surface area contributed by atoms with Crippen molar-refractivity contribution < 1.29 is 0 Å². The number of rotatable bonds is 2. The lowest BCUT2D eigenvalue weighted by Crippen LogP contribution is -2.43. The Morgan fingerprint density at radius 2 is 2.00 bits per heavy atom. The highest BCUT2D eigenvalue weighted by molar-refractivity contribution is 7.11. The summed E-state index contributed by atoms with van der Waals surface area (Å²) in [6, 6.07) is 9.95. The van der Waals surface area contributed by atoms with Crippen LogP contribution in [-0.2, 0) is 0 Å². The molecule has 1 aliphatic rings. The van der Waals surface area contributed by atoms with Crippen LogP contribution in [0.4, 0.5) is 5.69 Å². The van der Waals surface area contributed by atoms with Gasteiger partial charge < -0.3 is 0 Å². The molecule has 0 aliphatic carbocycles. The van der Waals surface area contributed by atoms with E-state index in [2.05, 4.69) is 20.5 Å². The molecule has 17 heavy (non-hydrogen) atoms. The molecule has 2 aromatic rings. The van der Waals surface area contributed by atoms with Gasteiger partial charge in [0, 0.05) is 28.9 Å². The van der Waals surface area contributed by atoms with Crippen LogP contribution in [0.3, 0.4) is 0 Å². The van der Waals surface area contributed by atoms with Crippen molar-refractivity contribution in [1.29, 1.82) is 0 Å². The number of nitrogens with zero attached hydrogens (tertiary/aromatic N) is 5. The van der Waals surface area contributed by atoms with Crippen molar-refractivity contribution in [2.75, 3.05) is 7.05 Å². The molecule has 3 rings (SSSR count). The third kappa shape index (κ3) is 1.58. The summed E-state index contributed by atoms with van der Waals surface area (Å²) in [5.74, 6) is 0.756. The first kappa shape index (κ1) is 10.2. The van der Waals surface area contributed by atoms with Gasteiger partial charge in [0.15, 0.2) is 5.69 Å². The molecule has 0 saturated carbocycles. The largest absolute Gasteiger partial charge is 0.318 e. The van der Waals surface area contributed by atoms with E-state index in [1.807, 2.05) is 42.8 Å². The van der Waals surface area contributed by atoms with Gasteiger partial charge in [0.2, 0.25) is 5.01 Å². The molecule has 6 heteroatoms. The van der Waals surface area contributed by atoms with E-state index in [1.54, 1.807) is 6.20 Å². The highest BCUT2D eigenvalue weighted by atomic mass is 32.1. The van der Waals surface area contributed by atoms with Crippen LogP contribution < -0.4 is 4.59 Å². The Morgan fingerprint density at radius 1 is 1.18 bits per heavy atom. The molecule has 0 spiro atoms. The molecule has 0 fully saturated rings. The van der Waals surface area contributed by atoms with Crippen LogP contribution in [0, 0.1) is 0 Å². The summed E-state index contributed by atoms with van der Waals surface area (Å²) in [7, 11) is 1.95. The number of benzene rings is 1. The zero-order valence-corrected chi connectivity index (χ0v) is 10.0. The molecule has 0 radical (unpaired) electrons. The van der Waals surface area contributed by atoms with E-state index in [0.29, 0.717) is 0 Å². The second-order valence-corrected chi connectivity index (χ2v) is 4.63. The van der Waals surface area contributed by atoms with Gasteiger partial charge in [0.25, 0.3) is 0 Å². The van der Waals surface area contributed by atoms with Crippen molar-refractivity contribution in [3.05, 3.63) is 46.9 Å². The smallest absolute Gasteiger partial charge is 0.238 e. The number of hydrogen-bond donors (Lipinski definition) is 0. The van der Waals surface area contributed by atoms with E-state index in [1.165, 1.54) is 11.3 Å². The Kier molecular flexibility index (Phi) is 2.31. The zero-order chi connectivity index (χ0) is 11.7. The minimum absolute atomic E-state index is 0.217. The standard InChI is InChI=1S/C11H10N5S/c1-16(9-5-3-2-4-6-9)10(13-14-15-16)11-12-7-8-17-11/h2-8H,1H3/q+1. The van der Waals surface area contributed by atoms with Crippen LogP contribution in [0.2, 0.25) is 0 Å². The summed E-state index contributed by atoms with van der Waals surface area (Å²) in [6.07, 6.45) is 1.76. The van der Waals surface area contributed by atoms with Crippen molar-refractivity contribution in [3.8, 4) is 0 Å². The Hall–Kier alpha value is -1.92. The average Bonchev–Trinajstić information content (AvgIpc) is 2.99. The number of quaternary nitrogens is 1. The van der Waals surface area contributed by atoms with Gasteiger partial charge in [-0.3, -0.25) is 0 Å². The van der Waals surface area contributed by atoms with E-state index >= 15 is 0 Å². The first-order valence-corrected chi connectivity index (χ1v) is 6.01. The maximum Gasteiger partial charge on any atom is 0.318 e. The topological polar surface area (TPSA) is 50.0 Å². The van der Waals surface area contributed by atoms with Crippen molar-refractivity contribution in [1.82, 2.24) is 9.58 Å². The second-order valence-electron chi connectivity index (χ2n) is 3.73. The highest BCUT2D eigenvalue weighted by Gasteiger charge is 2.40. The lowest BCUT2D eigenvalue weighted by molar-refractivity contribution is 0.510. The Bertz CT molecular complexity index is 575. The third-order valence-corrected chi connectivity index (χ3v) is 3.42. The molecule has 1 atom stereocenters. The molecule has 1 aromatic carbocycles. The summed E-state index contributed by atoms with van der Waals surface area (Å²) >= 11 is 1.54. The highest BCUT2D eigenvalue weighted by Crippen LogP contribution is 2.29. The number of para-hydroxylation sites is 1. The lowest BCUT2D eigenvalue weighted by atomic mass is 10.3. The molecular formula is C11H10N5S+. The minimum Gasteiger partial charge on any atom is -0.238 e. The van der Waals surface area contributed by atoms with Gasteiger partial charge in [-0.1, -0.05) is 27.9 Å². The van der Waals surface area contributed by atoms with Gasteiger partial charge >= 0.3 is 5.84 Å². The average molecular weight is 244 g/mol. The Morgan fingerprint density at radius 3 is 2.71 bits per heavy atom. The third-order valence-electron chi connectivity index (χ3n) is 2.65. The summed E-state index contributed by atoms with van der Waals surface area (Å²) < 4.78 is 0.217. The molecule has 1 aliphatic heterocycles. The molecule has 5 nitrogen and oxygen atoms in total. The molecular weight excluding hydrogens is 234 g/mol. The molecule has 0 saturated heterocycles. The van der Waals surface area contributed by atoms with E-state index in [4.69, 9.17) is 0 Å². The van der Waals surface area contributed by atoms with Crippen molar-refractivity contribution in [2.45, 2.75) is 0 Å². The van der Waals surface area contributed by atoms with Crippen LogP contribution in [0.15, 0.2) is 57.5 Å². The summed E-state index contributed by atoms with van der Waals surface area (Å²) in [5.41, 5.74) is 1.02. The molecule has 0 N–H and O–H groups in total. The van der Waals surface area contributed by atoms with Crippen LogP contribution in [0.1, 0.15) is 5.01 Å². The molecule has 0 bridgehead atoms. The predicted octanol–water partition coefficient (Wildman–Crippen LogP) is 2.82. The van der Waals surface area contributed by atoms with E-state index < -0.39 is 0 Å². The van der Waals surface area contributed by atoms with Crippen LogP contribution in [0.25, 0.3) is 0 Å². The quantitative estimate of drug-likeness (QED) is 0.749. The molecule has 2 heterocycles. The fourth-order valence-electron chi connectivity index (χ4n) is 1.73. The van der Waals surface area contributed by atoms with Gasteiger partial charge in [-0.05, 0) is 0 Å². The van der Waals surface area contributed by atoms with Gasteiger partial charge in [-0.25, -0.2) is 4.98 Å². The van der Waals surface area contributed by atoms with E-state index in [9.17, 15) is 0 Å². The second kappa shape index (κ2) is 3.83. The lowest BCUT2D eigenvalue weighted by Gasteiger charge is -2.20. The van der Waals surface area contributed by atoms with E-state index in [-0.39, 0.29) is 4.59 Å². The fourth-order valence-corrected chi connectivity index (χ4v) is 2.42. The van der Waals surface area contributed by atoms with Crippen LogP contribution >= 0.6 is 11.3 Å². The van der Waals surface area contributed by atoms with Crippen LogP contribution in [0.5, 0.6) is 0 Å². The van der Waals surface area contributed by atoms with Crippen molar-refractivity contribution >= 4 is 22.9 Å². The summed E-state index contributed by atoms with van der Waals surface area (Å²) in [6.45, 7) is 0. The Labute approximate surface area is 102 Å². The summed E-state index contributed by atoms with van der Waals surface area (Å²) in [5, 5.41) is 14.9. The minimum atomic E-state index is 0.217. The number of amidine groups is 1. The molecule has 1 aromatic heterocycles. The number of aromatic nitrogens is 1. The monoisotopic (exact) mass is 244 g/mol. The van der Waals surface area contributed by atoms with Crippen LogP contribution in [-0.4, -0.2) is 17.9 Å². The molecule has 0 amide bonds. The zero-order valence-electron chi connectivity index (χ0n) is 9.19. The van der Waals surface area contributed by atoms with Crippen molar-refractivity contribution in [3.63, 3.8) is 0 Å². The maximum absolute atomic E-state index is 4.27. The normalized spacial score (nSPS) is 22.8. The SMILES string of the molecule is C[N+]1(c2ccccc2)N=NN=C1c1nccs1. The maximum atomic E-state index is 4.27. The molecule has 1 unspecified atom stereocenters. The van der Waals surface area contributed by atoms with Gasteiger partial charge in [-0.2, -0.15) is 0 Å². The van der Waals surface area contributed by atoms with Crippen molar-refractivity contribution in [2.24, 2.45) is 15.5 Å². The van der Waals surface area contributed by atoms with Gasteiger partial charge in [0.1, 0.15) is 7.05 Å². The molecule has 84 valence electrons. The first-order valence-electron chi connectivity index (χ1n) is 5.13. The fraction of sp³-hybridized carbons (Fsp3) is 0.0909. The van der Waals surface area contributed by atoms with Gasteiger partial charge in [0.05, 0.1) is 5.22 Å². The van der Waals surface area contributed by atoms with Gasteiger partial charge in [-0.15, -0.1) is 11.3 Å².